The zero-order chi connectivity index (χ0) is 37.9. The van der Waals surface area contributed by atoms with Crippen LogP contribution in [-0.4, -0.2) is 4.57 Å². The van der Waals surface area contributed by atoms with Crippen molar-refractivity contribution >= 4 is 71.2 Å². The molecule has 1 aliphatic carbocycles. The Morgan fingerprint density at radius 3 is 1.88 bits per heavy atom. The summed E-state index contributed by atoms with van der Waals surface area (Å²) in [5, 5.41) is 10.3. The molecule has 2 nitrogen and oxygen atoms in total. The predicted octanol–water partition coefficient (Wildman–Crippen LogP) is 14.9. The zero-order valence-electron chi connectivity index (χ0n) is 32.5. The summed E-state index contributed by atoms with van der Waals surface area (Å²) in [6.45, 7) is 9.25. The molecule has 1 aliphatic rings. The second-order valence-electron chi connectivity index (χ2n) is 16.4. The molecular weight excluding hydrogens is 677 g/mol. The van der Waals surface area contributed by atoms with Crippen molar-refractivity contribution in [3.63, 3.8) is 0 Å². The number of benzene rings is 9. The van der Waals surface area contributed by atoms with Crippen LogP contribution in [0, 0.1) is 13.8 Å². The van der Waals surface area contributed by atoms with E-state index >= 15 is 0 Å². The number of hydrogen-bond donors (Lipinski definition) is 0. The standard InChI is InChI=1S/C54H42N2/c1-33-26-34(2)28-38(27-33)56(37-23-25-44-42-18-12-13-21-50(42)55(5)51(44)31-37)52-32-49-53(45-20-11-10-19-43(45)52)46-24-22-36(30-48(46)54(49,3)4)47-29-35-14-6-7-15-39(35)40-16-8-9-17-41(40)47/h6-32H,1-5H3. The van der Waals surface area contributed by atoms with Crippen LogP contribution in [0.4, 0.5) is 17.1 Å². The van der Waals surface area contributed by atoms with Crippen LogP contribution in [0.15, 0.2) is 164 Å². The number of aryl methyl sites for hydroxylation is 3. The van der Waals surface area contributed by atoms with Crippen LogP contribution in [0.3, 0.4) is 0 Å². The fourth-order valence-corrected chi connectivity index (χ4v) is 10.0. The molecule has 1 heterocycles. The molecule has 2 heteroatoms. The van der Waals surface area contributed by atoms with E-state index < -0.39 is 0 Å². The number of para-hydroxylation sites is 1. The predicted molar refractivity (Wildman–Crippen MR) is 240 cm³/mol. The summed E-state index contributed by atoms with van der Waals surface area (Å²) in [5.74, 6) is 0. The summed E-state index contributed by atoms with van der Waals surface area (Å²) in [4.78, 5) is 2.51. The Morgan fingerprint density at radius 2 is 1.09 bits per heavy atom. The largest absolute Gasteiger partial charge is 0.344 e. The third kappa shape index (κ3) is 4.69. The van der Waals surface area contributed by atoms with Gasteiger partial charge in [0.05, 0.1) is 11.2 Å². The quantitative estimate of drug-likeness (QED) is 0.165. The highest BCUT2D eigenvalue weighted by atomic mass is 15.1. The molecule has 268 valence electrons. The first-order valence-electron chi connectivity index (χ1n) is 19.7. The molecule has 1 aromatic heterocycles. The fraction of sp³-hybridized carbons (Fsp3) is 0.111. The molecule has 0 spiro atoms. The van der Waals surface area contributed by atoms with Gasteiger partial charge in [0, 0.05) is 45.5 Å². The van der Waals surface area contributed by atoms with Crippen LogP contribution < -0.4 is 4.90 Å². The Bertz CT molecular complexity index is 3250. The van der Waals surface area contributed by atoms with Gasteiger partial charge >= 0.3 is 0 Å². The second-order valence-corrected chi connectivity index (χ2v) is 16.4. The number of aromatic nitrogens is 1. The fourth-order valence-electron chi connectivity index (χ4n) is 10.0. The van der Waals surface area contributed by atoms with Gasteiger partial charge < -0.3 is 9.47 Å². The van der Waals surface area contributed by atoms with Crippen molar-refractivity contribution in [1.82, 2.24) is 4.57 Å². The lowest BCUT2D eigenvalue weighted by Crippen LogP contribution is -2.17. The molecule has 9 aromatic carbocycles. The van der Waals surface area contributed by atoms with E-state index in [0.29, 0.717) is 0 Å². The molecule has 0 saturated carbocycles. The third-order valence-electron chi connectivity index (χ3n) is 12.6. The van der Waals surface area contributed by atoms with Crippen molar-refractivity contribution in [2.24, 2.45) is 7.05 Å². The van der Waals surface area contributed by atoms with Crippen LogP contribution in [0.1, 0.15) is 36.1 Å². The molecule has 0 atom stereocenters. The summed E-state index contributed by atoms with van der Waals surface area (Å²) in [6.07, 6.45) is 0. The molecule has 0 N–H and O–H groups in total. The van der Waals surface area contributed by atoms with Crippen LogP contribution in [0.2, 0.25) is 0 Å². The lowest BCUT2D eigenvalue weighted by atomic mass is 9.80. The zero-order valence-corrected chi connectivity index (χ0v) is 32.5. The average molecular weight is 719 g/mol. The molecule has 0 aliphatic heterocycles. The minimum Gasteiger partial charge on any atom is -0.344 e. The summed E-state index contributed by atoms with van der Waals surface area (Å²) >= 11 is 0. The summed E-state index contributed by atoms with van der Waals surface area (Å²) in [6, 6.07) is 61.5. The minimum atomic E-state index is -0.236. The molecule has 0 radical (unpaired) electrons. The van der Waals surface area contributed by atoms with Crippen molar-refractivity contribution in [2.75, 3.05) is 4.90 Å². The normalized spacial score (nSPS) is 13.2. The SMILES string of the molecule is Cc1cc(C)cc(N(c2ccc3c4ccccc4n(C)c3c2)c2cc3c(c4ccccc24)-c2ccc(-c4cc5ccccc5c5ccccc45)cc2C3(C)C)c1. The van der Waals surface area contributed by atoms with E-state index in [-0.39, 0.29) is 5.41 Å². The van der Waals surface area contributed by atoms with Crippen LogP contribution >= 0.6 is 0 Å². The summed E-state index contributed by atoms with van der Waals surface area (Å²) in [5.41, 5.74) is 16.2. The van der Waals surface area contributed by atoms with Crippen molar-refractivity contribution in [2.45, 2.75) is 33.1 Å². The smallest absolute Gasteiger partial charge is 0.0543 e. The summed E-state index contributed by atoms with van der Waals surface area (Å²) < 4.78 is 2.34. The van der Waals surface area contributed by atoms with E-state index in [1.54, 1.807) is 0 Å². The number of rotatable bonds is 4. The van der Waals surface area contributed by atoms with E-state index in [4.69, 9.17) is 0 Å². The Kier molecular flexibility index (Phi) is 6.98. The number of anilines is 3. The van der Waals surface area contributed by atoms with Gasteiger partial charge in [-0.15, -0.1) is 0 Å². The molecule has 0 saturated heterocycles. The van der Waals surface area contributed by atoms with Crippen molar-refractivity contribution in [3.8, 4) is 22.3 Å². The minimum absolute atomic E-state index is 0.236. The van der Waals surface area contributed by atoms with Gasteiger partial charge in [-0.2, -0.15) is 0 Å². The van der Waals surface area contributed by atoms with E-state index in [9.17, 15) is 0 Å². The van der Waals surface area contributed by atoms with Gasteiger partial charge in [-0.25, -0.2) is 0 Å². The molecular formula is C54H42N2. The third-order valence-corrected chi connectivity index (χ3v) is 12.6. The molecule has 0 amide bonds. The van der Waals surface area contributed by atoms with E-state index in [1.165, 1.54) is 110 Å². The topological polar surface area (TPSA) is 8.17 Å². The maximum Gasteiger partial charge on any atom is 0.0543 e. The van der Waals surface area contributed by atoms with Crippen LogP contribution in [0.25, 0.3) is 76.4 Å². The highest BCUT2D eigenvalue weighted by Crippen LogP contribution is 2.55. The van der Waals surface area contributed by atoms with Gasteiger partial charge in [0.1, 0.15) is 0 Å². The van der Waals surface area contributed by atoms with Gasteiger partial charge in [0.2, 0.25) is 0 Å². The van der Waals surface area contributed by atoms with Crippen LogP contribution in [-0.2, 0) is 12.5 Å². The first-order valence-corrected chi connectivity index (χ1v) is 19.7. The molecule has 10 aromatic rings. The Labute approximate surface area is 327 Å². The number of fused-ring (bicyclic) bond motifs is 11. The summed E-state index contributed by atoms with van der Waals surface area (Å²) in [7, 11) is 2.19. The van der Waals surface area contributed by atoms with Crippen molar-refractivity contribution < 1.29 is 0 Å². The highest BCUT2D eigenvalue weighted by Gasteiger charge is 2.38. The van der Waals surface area contributed by atoms with Gasteiger partial charge in [-0.3, -0.25) is 0 Å². The Hall–Kier alpha value is -6.64. The maximum absolute atomic E-state index is 2.51. The van der Waals surface area contributed by atoms with Crippen molar-refractivity contribution in [1.29, 1.82) is 0 Å². The first-order chi connectivity index (χ1) is 27.3. The van der Waals surface area contributed by atoms with Crippen LogP contribution in [0.5, 0.6) is 0 Å². The molecule has 0 bridgehead atoms. The molecule has 56 heavy (non-hydrogen) atoms. The van der Waals surface area contributed by atoms with Gasteiger partial charge in [0.25, 0.3) is 0 Å². The molecule has 11 rings (SSSR count). The maximum atomic E-state index is 2.51. The van der Waals surface area contributed by atoms with E-state index in [2.05, 4.69) is 208 Å². The average Bonchev–Trinajstić information content (AvgIpc) is 3.63. The second kappa shape index (κ2) is 11.9. The monoisotopic (exact) mass is 718 g/mol. The van der Waals surface area contributed by atoms with Gasteiger partial charge in [0.15, 0.2) is 0 Å². The highest BCUT2D eigenvalue weighted by molar-refractivity contribution is 6.15. The van der Waals surface area contributed by atoms with Gasteiger partial charge in [-0.1, -0.05) is 129 Å². The molecule has 0 fully saturated rings. The van der Waals surface area contributed by atoms with E-state index in [1.807, 2.05) is 0 Å². The Morgan fingerprint density at radius 1 is 0.446 bits per heavy atom. The number of hydrogen-bond acceptors (Lipinski definition) is 1. The van der Waals surface area contributed by atoms with Gasteiger partial charge in [-0.05, 0) is 134 Å². The first kappa shape index (κ1) is 32.8. The van der Waals surface area contributed by atoms with E-state index in [0.717, 1.165) is 5.69 Å². The lowest BCUT2D eigenvalue weighted by Gasteiger charge is -2.30. The van der Waals surface area contributed by atoms with Crippen molar-refractivity contribution in [3.05, 3.63) is 186 Å². The Balaban J connectivity index is 1.15. The molecule has 0 unspecified atom stereocenters. The lowest BCUT2D eigenvalue weighted by molar-refractivity contribution is 0.661. The number of nitrogens with zero attached hydrogens (tertiary/aromatic N) is 2.